The summed E-state index contributed by atoms with van der Waals surface area (Å²) >= 11 is 6.01. The third-order valence-electron chi connectivity index (χ3n) is 3.49. The average Bonchev–Trinajstić information content (AvgIpc) is 2.50. The Kier molecular flexibility index (Phi) is 6.17. The van der Waals surface area contributed by atoms with E-state index in [9.17, 15) is 9.18 Å². The average molecular weight is 351 g/mol. The van der Waals surface area contributed by atoms with Gasteiger partial charge in [0.15, 0.2) is 0 Å². The van der Waals surface area contributed by atoms with Crippen molar-refractivity contribution in [3.05, 3.63) is 58.4 Å². The second-order valence-electron chi connectivity index (χ2n) is 5.66. The molecule has 0 saturated heterocycles. The molecule has 1 amide bonds. The third-order valence-corrected chi connectivity index (χ3v) is 3.73. The maximum atomic E-state index is 13.8. The van der Waals surface area contributed by atoms with Gasteiger partial charge in [-0.25, -0.2) is 4.39 Å². The summed E-state index contributed by atoms with van der Waals surface area (Å²) in [5.41, 5.74) is 1.86. The first-order chi connectivity index (χ1) is 11.4. The fourth-order valence-corrected chi connectivity index (χ4v) is 2.57. The van der Waals surface area contributed by atoms with Gasteiger partial charge in [0.25, 0.3) is 0 Å². The van der Waals surface area contributed by atoms with Crippen molar-refractivity contribution in [2.24, 2.45) is 0 Å². The molecular formula is C18H20ClFN2O2. The molecule has 0 unspecified atom stereocenters. The van der Waals surface area contributed by atoms with Crippen LogP contribution in [0, 0.1) is 12.7 Å². The smallest absolute Gasteiger partial charge is 0.238 e. The van der Waals surface area contributed by atoms with E-state index in [1.54, 1.807) is 56.3 Å². The number of halogens is 2. The summed E-state index contributed by atoms with van der Waals surface area (Å²) < 4.78 is 19.1. The van der Waals surface area contributed by atoms with Crippen molar-refractivity contribution in [1.29, 1.82) is 0 Å². The Morgan fingerprint density at radius 2 is 2.04 bits per heavy atom. The molecule has 0 heterocycles. The van der Waals surface area contributed by atoms with Crippen molar-refractivity contribution in [3.63, 3.8) is 0 Å². The van der Waals surface area contributed by atoms with Crippen molar-refractivity contribution >= 4 is 23.2 Å². The molecule has 2 rings (SSSR count). The number of hydrogen-bond donors (Lipinski definition) is 1. The van der Waals surface area contributed by atoms with E-state index in [1.807, 2.05) is 0 Å². The van der Waals surface area contributed by atoms with Gasteiger partial charge in [-0.3, -0.25) is 9.69 Å². The molecule has 0 atom stereocenters. The highest BCUT2D eigenvalue weighted by Gasteiger charge is 2.12. The number of benzene rings is 2. The SMILES string of the molecule is COc1ccc(Cl)cc1CN(C)CC(=O)Nc1ccc(C)cc1F. The zero-order valence-corrected chi connectivity index (χ0v) is 14.7. The molecule has 0 fully saturated rings. The molecule has 4 nitrogen and oxygen atoms in total. The van der Waals surface area contributed by atoms with Crippen molar-refractivity contribution in [3.8, 4) is 5.75 Å². The van der Waals surface area contributed by atoms with Gasteiger partial charge in [-0.05, 0) is 49.9 Å². The Bertz CT molecular complexity index is 737. The van der Waals surface area contributed by atoms with Gasteiger partial charge < -0.3 is 10.1 Å². The monoisotopic (exact) mass is 350 g/mol. The Labute approximate surface area is 146 Å². The number of likely N-dealkylation sites (N-methyl/N-ethyl adjacent to an activating group) is 1. The molecule has 0 saturated carbocycles. The van der Waals surface area contributed by atoms with E-state index in [1.165, 1.54) is 6.07 Å². The molecule has 0 aliphatic heterocycles. The Morgan fingerprint density at radius 3 is 2.71 bits per heavy atom. The van der Waals surface area contributed by atoms with Gasteiger partial charge in [0, 0.05) is 17.1 Å². The van der Waals surface area contributed by atoms with Crippen LogP contribution in [0.2, 0.25) is 5.02 Å². The van der Waals surface area contributed by atoms with E-state index in [0.717, 1.165) is 11.1 Å². The van der Waals surface area contributed by atoms with Crippen molar-refractivity contribution in [1.82, 2.24) is 4.90 Å². The van der Waals surface area contributed by atoms with Crippen LogP contribution in [0.25, 0.3) is 0 Å². The summed E-state index contributed by atoms with van der Waals surface area (Å²) in [7, 11) is 3.38. The molecular weight excluding hydrogens is 331 g/mol. The lowest BCUT2D eigenvalue weighted by Crippen LogP contribution is -2.30. The van der Waals surface area contributed by atoms with Gasteiger partial charge in [-0.2, -0.15) is 0 Å². The van der Waals surface area contributed by atoms with Crippen LogP contribution >= 0.6 is 11.6 Å². The lowest BCUT2D eigenvalue weighted by Gasteiger charge is -2.18. The van der Waals surface area contributed by atoms with E-state index in [0.29, 0.717) is 17.3 Å². The lowest BCUT2D eigenvalue weighted by atomic mass is 10.2. The summed E-state index contributed by atoms with van der Waals surface area (Å²) in [6.45, 7) is 2.39. The summed E-state index contributed by atoms with van der Waals surface area (Å²) in [5.74, 6) is -0.0278. The Hall–Kier alpha value is -2.11. The molecule has 6 heteroatoms. The van der Waals surface area contributed by atoms with Crippen molar-refractivity contribution in [2.45, 2.75) is 13.5 Å². The quantitative estimate of drug-likeness (QED) is 0.860. The second kappa shape index (κ2) is 8.13. The molecule has 2 aromatic rings. The van der Waals surface area contributed by atoms with Gasteiger partial charge in [-0.1, -0.05) is 17.7 Å². The Morgan fingerprint density at radius 1 is 1.29 bits per heavy atom. The molecule has 24 heavy (non-hydrogen) atoms. The number of carbonyl (C=O) groups is 1. The largest absolute Gasteiger partial charge is 0.496 e. The first kappa shape index (κ1) is 18.2. The summed E-state index contributed by atoms with van der Waals surface area (Å²) in [4.78, 5) is 13.9. The minimum atomic E-state index is -0.442. The van der Waals surface area contributed by atoms with E-state index < -0.39 is 5.82 Å². The van der Waals surface area contributed by atoms with Crippen molar-refractivity contribution in [2.75, 3.05) is 26.0 Å². The van der Waals surface area contributed by atoms with Gasteiger partial charge >= 0.3 is 0 Å². The molecule has 0 aliphatic rings. The van der Waals surface area contributed by atoms with Gasteiger partial charge in [0.1, 0.15) is 11.6 Å². The first-order valence-electron chi connectivity index (χ1n) is 7.46. The summed E-state index contributed by atoms with van der Waals surface area (Å²) in [6, 6.07) is 10.0. The van der Waals surface area contributed by atoms with Gasteiger partial charge in [-0.15, -0.1) is 0 Å². The molecule has 0 aliphatic carbocycles. The van der Waals surface area contributed by atoms with Crippen molar-refractivity contribution < 1.29 is 13.9 Å². The molecule has 0 bridgehead atoms. The fraction of sp³-hybridized carbons (Fsp3) is 0.278. The molecule has 128 valence electrons. The third kappa shape index (κ3) is 4.94. The topological polar surface area (TPSA) is 41.6 Å². The normalized spacial score (nSPS) is 10.8. The maximum Gasteiger partial charge on any atom is 0.238 e. The Balaban J connectivity index is 1.98. The number of carbonyl (C=O) groups excluding carboxylic acids is 1. The molecule has 0 aromatic heterocycles. The van der Waals surface area contributed by atoms with Crippen LogP contribution in [0.5, 0.6) is 5.75 Å². The van der Waals surface area contributed by atoms with Gasteiger partial charge in [0.2, 0.25) is 5.91 Å². The molecule has 0 spiro atoms. The van der Waals surface area contributed by atoms with E-state index in [2.05, 4.69) is 5.32 Å². The fourth-order valence-electron chi connectivity index (χ4n) is 2.37. The number of nitrogens with one attached hydrogen (secondary N) is 1. The van der Waals surface area contributed by atoms with Crippen LogP contribution in [0.1, 0.15) is 11.1 Å². The zero-order valence-electron chi connectivity index (χ0n) is 13.9. The second-order valence-corrected chi connectivity index (χ2v) is 6.10. The first-order valence-corrected chi connectivity index (χ1v) is 7.84. The van der Waals surface area contributed by atoms with Crippen LogP contribution in [0.4, 0.5) is 10.1 Å². The molecule has 1 N–H and O–H groups in total. The number of amides is 1. The predicted octanol–water partition coefficient (Wildman–Crippen LogP) is 3.87. The number of aryl methyl sites for hydroxylation is 1. The zero-order chi connectivity index (χ0) is 17.7. The highest BCUT2D eigenvalue weighted by Crippen LogP contribution is 2.23. The number of nitrogens with zero attached hydrogens (tertiary/aromatic N) is 1. The van der Waals surface area contributed by atoms with Crippen LogP contribution in [0.15, 0.2) is 36.4 Å². The minimum absolute atomic E-state index is 0.114. The number of hydrogen-bond acceptors (Lipinski definition) is 3. The van der Waals surface area contributed by atoms with E-state index >= 15 is 0 Å². The highest BCUT2D eigenvalue weighted by atomic mass is 35.5. The van der Waals surface area contributed by atoms with Crippen LogP contribution in [-0.4, -0.2) is 31.5 Å². The highest BCUT2D eigenvalue weighted by molar-refractivity contribution is 6.30. The van der Waals surface area contributed by atoms with Crippen LogP contribution in [-0.2, 0) is 11.3 Å². The molecule has 0 radical (unpaired) electrons. The van der Waals surface area contributed by atoms with E-state index in [-0.39, 0.29) is 18.1 Å². The van der Waals surface area contributed by atoms with Gasteiger partial charge in [0.05, 0.1) is 19.3 Å². The van der Waals surface area contributed by atoms with E-state index in [4.69, 9.17) is 16.3 Å². The number of rotatable bonds is 6. The maximum absolute atomic E-state index is 13.8. The standard InChI is InChI=1S/C18H20ClFN2O2/c1-12-4-6-16(15(20)8-12)21-18(23)11-22(2)10-13-9-14(19)5-7-17(13)24-3/h4-9H,10-11H2,1-3H3,(H,21,23). The number of methoxy groups -OCH3 is 1. The summed E-state index contributed by atoms with van der Waals surface area (Å²) in [5, 5.41) is 3.18. The number of ether oxygens (including phenoxy) is 1. The van der Waals surface area contributed by atoms with Crippen LogP contribution in [0.3, 0.4) is 0 Å². The lowest BCUT2D eigenvalue weighted by molar-refractivity contribution is -0.117. The molecule has 2 aromatic carbocycles. The summed E-state index contributed by atoms with van der Waals surface area (Å²) in [6.07, 6.45) is 0. The predicted molar refractivity (Wildman–Crippen MR) is 94.1 cm³/mol. The van der Waals surface area contributed by atoms with Crippen LogP contribution < -0.4 is 10.1 Å². The minimum Gasteiger partial charge on any atom is -0.496 e. The number of anilines is 1.